The molecule has 3 aliphatic rings. The largest absolute Gasteiger partial charge is 0.508 e. The fraction of sp³-hybridized carbons (Fsp3) is 0.226. The second-order valence-corrected chi connectivity index (χ2v) is 11.8. The molecule has 2 fully saturated rings. The van der Waals surface area contributed by atoms with Crippen molar-refractivity contribution in [2.24, 2.45) is 13.0 Å². The van der Waals surface area contributed by atoms with Gasteiger partial charge in [0.15, 0.2) is 0 Å². The average Bonchev–Trinajstić information content (AvgIpc) is 3.35. The molecule has 1 N–H and O–H groups in total. The van der Waals surface area contributed by atoms with Crippen LogP contribution in [0.2, 0.25) is 10.0 Å². The molecule has 1 saturated carbocycles. The Bertz CT molecular complexity index is 1960. The molecule has 42 heavy (non-hydrogen) atoms. The molecular formula is C31H24Cl2N4O5. The van der Waals surface area contributed by atoms with Crippen LogP contribution in [0.3, 0.4) is 0 Å². The molecule has 0 spiro atoms. The van der Waals surface area contributed by atoms with E-state index in [0.717, 1.165) is 9.47 Å². The van der Waals surface area contributed by atoms with Crippen molar-refractivity contribution in [1.82, 2.24) is 13.9 Å². The number of anilines is 1. The summed E-state index contributed by atoms with van der Waals surface area (Å²) in [5.74, 6) is -2.91. The van der Waals surface area contributed by atoms with Crippen LogP contribution in [0.25, 0.3) is 0 Å². The second kappa shape index (κ2) is 9.34. The van der Waals surface area contributed by atoms with Crippen molar-refractivity contribution < 1.29 is 14.7 Å². The van der Waals surface area contributed by atoms with Crippen molar-refractivity contribution in [3.05, 3.63) is 127 Å². The minimum atomic E-state index is -1.51. The summed E-state index contributed by atoms with van der Waals surface area (Å²) in [5, 5.41) is 12.0. The number of carbonyl (C=O) groups is 2. The van der Waals surface area contributed by atoms with Gasteiger partial charge in [-0.1, -0.05) is 65.7 Å². The number of fused-ring (bicyclic) bond motifs is 4. The molecule has 4 aromatic rings. The Labute approximate surface area is 249 Å². The highest BCUT2D eigenvalue weighted by molar-refractivity contribution is 6.32. The summed E-state index contributed by atoms with van der Waals surface area (Å²) in [7, 11) is 1.41. The highest BCUT2D eigenvalue weighted by Gasteiger charge is 2.69. The van der Waals surface area contributed by atoms with Gasteiger partial charge < -0.3 is 5.11 Å². The molecule has 212 valence electrons. The van der Waals surface area contributed by atoms with Crippen LogP contribution < -0.4 is 16.3 Å². The number of amides is 2. The van der Waals surface area contributed by atoms with E-state index in [2.05, 4.69) is 0 Å². The number of phenols is 1. The van der Waals surface area contributed by atoms with Crippen molar-refractivity contribution in [1.29, 1.82) is 0 Å². The first-order valence-electron chi connectivity index (χ1n) is 13.4. The Hall–Kier alpha value is -4.34. The third-order valence-electron chi connectivity index (χ3n) is 8.92. The van der Waals surface area contributed by atoms with Gasteiger partial charge >= 0.3 is 11.4 Å². The number of aromatic hydroxyl groups is 1. The Morgan fingerprint density at radius 3 is 2.36 bits per heavy atom. The molecular weight excluding hydrogens is 579 g/mol. The third kappa shape index (κ3) is 3.44. The zero-order valence-corrected chi connectivity index (χ0v) is 23.8. The van der Waals surface area contributed by atoms with Gasteiger partial charge in [0.25, 0.3) is 0 Å². The van der Waals surface area contributed by atoms with Crippen LogP contribution in [0, 0.1) is 5.92 Å². The minimum Gasteiger partial charge on any atom is -0.508 e. The van der Waals surface area contributed by atoms with Crippen molar-refractivity contribution in [2.45, 2.75) is 30.3 Å². The number of hydrogen-bond acceptors (Lipinski definition) is 5. The minimum absolute atomic E-state index is 0.0730. The maximum absolute atomic E-state index is 15.0. The number of imide groups is 1. The van der Waals surface area contributed by atoms with E-state index in [1.165, 1.54) is 22.5 Å². The number of hydrogen-bond donors (Lipinski definition) is 1. The molecule has 1 saturated heterocycles. The maximum Gasteiger partial charge on any atom is 0.347 e. The summed E-state index contributed by atoms with van der Waals surface area (Å²) < 4.78 is 3.75. The summed E-state index contributed by atoms with van der Waals surface area (Å²) in [6.45, 7) is 0.0776. The molecule has 0 bridgehead atoms. The van der Waals surface area contributed by atoms with Crippen LogP contribution in [0.5, 0.6) is 5.75 Å². The SMILES string of the molecule is Cn1c(=O)n2n(c1=O)[C@@H]1C[C@H]3C(=O)N(c4cccc(Cl)c4)C(=O)[C@@]3(c3ccccc3)[C@@H](c3cc(Cl)ccc3O)C1=CC2. The lowest BCUT2D eigenvalue weighted by atomic mass is 9.53. The number of rotatable bonds is 3. The quantitative estimate of drug-likeness (QED) is 0.280. The number of phenolic OH excluding ortho intramolecular Hbond substituents is 1. The molecule has 2 aliphatic heterocycles. The van der Waals surface area contributed by atoms with Crippen LogP contribution in [-0.4, -0.2) is 30.9 Å². The van der Waals surface area contributed by atoms with Crippen LogP contribution in [0.4, 0.5) is 5.69 Å². The lowest BCUT2D eigenvalue weighted by Crippen LogP contribution is -2.53. The van der Waals surface area contributed by atoms with Crippen LogP contribution >= 0.6 is 23.2 Å². The summed E-state index contributed by atoms with van der Waals surface area (Å²) >= 11 is 12.8. The summed E-state index contributed by atoms with van der Waals surface area (Å²) in [5.41, 5.74) is -0.610. The zero-order valence-electron chi connectivity index (χ0n) is 22.3. The van der Waals surface area contributed by atoms with E-state index in [9.17, 15) is 19.5 Å². The first-order chi connectivity index (χ1) is 20.2. The van der Waals surface area contributed by atoms with E-state index in [-0.39, 0.29) is 18.7 Å². The number of carbonyl (C=O) groups excluding carboxylic acids is 2. The van der Waals surface area contributed by atoms with E-state index in [1.54, 1.807) is 48.5 Å². The molecule has 0 unspecified atom stereocenters. The third-order valence-corrected chi connectivity index (χ3v) is 9.39. The normalized spacial score (nSPS) is 24.7. The van der Waals surface area contributed by atoms with Crippen LogP contribution in [0.15, 0.2) is 94.0 Å². The van der Waals surface area contributed by atoms with Crippen molar-refractivity contribution in [3.63, 3.8) is 0 Å². The van der Waals surface area contributed by atoms with Gasteiger partial charge in [-0.05, 0) is 54.0 Å². The maximum atomic E-state index is 15.0. The summed E-state index contributed by atoms with van der Waals surface area (Å²) in [6, 6.07) is 19.4. The fourth-order valence-electron chi connectivity index (χ4n) is 7.22. The van der Waals surface area contributed by atoms with E-state index in [0.29, 0.717) is 32.4 Å². The molecule has 7 rings (SSSR count). The average molecular weight is 603 g/mol. The first-order valence-corrected chi connectivity index (χ1v) is 14.2. The van der Waals surface area contributed by atoms with Gasteiger partial charge in [0.1, 0.15) is 5.75 Å². The molecule has 1 aromatic heterocycles. The van der Waals surface area contributed by atoms with E-state index >= 15 is 4.79 Å². The summed E-state index contributed by atoms with van der Waals surface area (Å²) in [4.78, 5) is 57.0. The fourth-order valence-corrected chi connectivity index (χ4v) is 7.58. The van der Waals surface area contributed by atoms with Crippen molar-refractivity contribution >= 4 is 40.7 Å². The van der Waals surface area contributed by atoms with E-state index in [1.807, 2.05) is 24.3 Å². The molecule has 3 heterocycles. The van der Waals surface area contributed by atoms with E-state index in [4.69, 9.17) is 23.2 Å². The Morgan fingerprint density at radius 2 is 1.62 bits per heavy atom. The predicted octanol–water partition coefficient (Wildman–Crippen LogP) is 4.16. The monoisotopic (exact) mass is 602 g/mol. The van der Waals surface area contributed by atoms with E-state index < -0.39 is 46.5 Å². The van der Waals surface area contributed by atoms with Gasteiger partial charge in [0.2, 0.25) is 11.8 Å². The Morgan fingerprint density at radius 1 is 0.881 bits per heavy atom. The molecule has 11 heteroatoms. The van der Waals surface area contributed by atoms with Gasteiger partial charge in [0.05, 0.1) is 29.6 Å². The summed E-state index contributed by atoms with van der Waals surface area (Å²) in [6.07, 6.45) is 1.90. The molecule has 3 aromatic carbocycles. The second-order valence-electron chi connectivity index (χ2n) is 10.9. The number of allylic oxidation sites excluding steroid dienone is 2. The highest BCUT2D eigenvalue weighted by Crippen LogP contribution is 2.63. The number of halogens is 2. The lowest BCUT2D eigenvalue weighted by Gasteiger charge is -2.49. The van der Waals surface area contributed by atoms with Crippen molar-refractivity contribution in [2.75, 3.05) is 4.90 Å². The smallest absolute Gasteiger partial charge is 0.347 e. The van der Waals surface area contributed by atoms with Gasteiger partial charge in [-0.15, -0.1) is 0 Å². The standard InChI is InChI=1S/C31H24Cl2N4O5/c1-34-29(41)35-13-12-21-24(37(35)30(34)42)16-23-27(39)36(20-9-5-8-18(32)14-20)28(40)31(23,17-6-3-2-4-7-17)26(21)22-15-19(33)10-11-25(22)38/h2-12,14-15,23-24,26,38H,13,16H2,1H3/t23-,24+,26+,31+/m0/s1. The topological polar surface area (TPSA) is 107 Å². The van der Waals surface area contributed by atoms with Crippen molar-refractivity contribution in [3.8, 4) is 5.75 Å². The van der Waals surface area contributed by atoms with Gasteiger partial charge in [-0.3, -0.25) is 9.59 Å². The van der Waals surface area contributed by atoms with Gasteiger partial charge in [0, 0.05) is 28.6 Å². The predicted molar refractivity (Wildman–Crippen MR) is 157 cm³/mol. The van der Waals surface area contributed by atoms with Crippen LogP contribution in [-0.2, 0) is 28.6 Å². The number of nitrogens with zero attached hydrogens (tertiary/aromatic N) is 4. The lowest BCUT2D eigenvalue weighted by molar-refractivity contribution is -0.124. The highest BCUT2D eigenvalue weighted by atomic mass is 35.5. The van der Waals surface area contributed by atoms with Gasteiger partial charge in [-0.2, -0.15) is 0 Å². The van der Waals surface area contributed by atoms with Gasteiger partial charge in [-0.25, -0.2) is 28.4 Å². The number of benzene rings is 3. The molecule has 1 aliphatic carbocycles. The zero-order chi connectivity index (χ0) is 29.5. The Balaban J connectivity index is 1.58. The number of aromatic nitrogens is 3. The Kier molecular flexibility index (Phi) is 5.90. The molecule has 9 nitrogen and oxygen atoms in total. The molecule has 4 atom stereocenters. The van der Waals surface area contributed by atoms with Crippen LogP contribution in [0.1, 0.15) is 29.5 Å². The molecule has 2 amide bonds. The molecule has 0 radical (unpaired) electrons. The first kappa shape index (κ1) is 26.6.